The monoisotopic (exact) mass is 620 g/mol. The van der Waals surface area contributed by atoms with E-state index < -0.39 is 53.3 Å². The molecule has 0 aliphatic carbocycles. The Morgan fingerprint density at radius 2 is 1.77 bits per heavy atom. The van der Waals surface area contributed by atoms with Crippen LogP contribution in [0.5, 0.6) is 0 Å². The van der Waals surface area contributed by atoms with Gasteiger partial charge in [0.15, 0.2) is 16.6 Å². The highest BCUT2D eigenvalue weighted by atomic mass is 32.2. The van der Waals surface area contributed by atoms with Gasteiger partial charge in [0.2, 0.25) is 0 Å². The zero-order chi connectivity index (χ0) is 29.2. The lowest BCUT2D eigenvalue weighted by Crippen LogP contribution is -2.37. The number of aromatic nitrogens is 2. The first-order valence-corrected chi connectivity index (χ1v) is 15.8. The van der Waals surface area contributed by atoms with E-state index in [0.717, 1.165) is 28.7 Å². The van der Waals surface area contributed by atoms with Crippen LogP contribution in [0.25, 0.3) is 10.9 Å². The number of pyridine rings is 1. The van der Waals surface area contributed by atoms with Crippen molar-refractivity contribution in [3.8, 4) is 6.07 Å². The molecule has 2 aromatic heterocycles. The van der Waals surface area contributed by atoms with Crippen molar-refractivity contribution in [3.05, 3.63) is 29.3 Å². The highest BCUT2D eigenvalue weighted by Crippen LogP contribution is 2.38. The third kappa shape index (κ3) is 7.83. The molecule has 0 aliphatic heterocycles. The predicted octanol–water partition coefficient (Wildman–Crippen LogP) is 1.40. The number of hydrogen-bond acceptors (Lipinski definition) is 15. The highest BCUT2D eigenvalue weighted by Gasteiger charge is 2.22. The number of nitriles is 1. The Balaban J connectivity index is 2.12. The Morgan fingerprint density at radius 1 is 1.10 bits per heavy atom. The molecule has 210 valence electrons. The smallest absolute Gasteiger partial charge is 0.294 e. The van der Waals surface area contributed by atoms with Crippen molar-refractivity contribution in [2.45, 2.75) is 11.8 Å². The molecule has 0 bridgehead atoms. The standard InChI is InChI=1S/C18H20N8O9S4/c1-10-13(9-19)17(26(20)5-7-38(30,31)32)22-16(21-4-6-37(27,28)29)15(10)23-24-18-12-8-11(39(33,34)35)2-3-14(12)25-36-18/h2-3,8H,4-7,20H2,1H3,(H,21,22)(H,27,28,29)(H,30,31,32)(H,33,34,35). The molecule has 17 nitrogen and oxygen atoms in total. The fraction of sp³-hybridized carbons (Fsp3) is 0.278. The zero-order valence-corrected chi connectivity index (χ0v) is 23.0. The fourth-order valence-electron chi connectivity index (χ4n) is 3.12. The molecular formula is C18H20N8O9S4. The van der Waals surface area contributed by atoms with E-state index in [2.05, 4.69) is 24.9 Å². The lowest BCUT2D eigenvalue weighted by atomic mass is 10.1. The van der Waals surface area contributed by atoms with E-state index in [1.807, 2.05) is 6.07 Å². The van der Waals surface area contributed by atoms with Crippen LogP contribution < -0.4 is 16.2 Å². The maximum atomic E-state index is 11.5. The molecule has 39 heavy (non-hydrogen) atoms. The van der Waals surface area contributed by atoms with E-state index in [1.165, 1.54) is 13.0 Å². The molecule has 0 aliphatic rings. The number of rotatable bonds is 11. The average Bonchev–Trinajstić information content (AvgIpc) is 3.22. The number of benzene rings is 1. The van der Waals surface area contributed by atoms with Crippen molar-refractivity contribution < 1.29 is 38.9 Å². The van der Waals surface area contributed by atoms with Gasteiger partial charge in [-0.25, -0.2) is 10.8 Å². The summed E-state index contributed by atoms with van der Waals surface area (Å²) in [5, 5.41) is 21.7. The van der Waals surface area contributed by atoms with Crippen molar-refractivity contribution in [1.29, 1.82) is 5.26 Å². The van der Waals surface area contributed by atoms with Crippen LogP contribution >= 0.6 is 11.5 Å². The van der Waals surface area contributed by atoms with Crippen molar-refractivity contribution in [2.75, 3.05) is 34.9 Å². The van der Waals surface area contributed by atoms with Crippen molar-refractivity contribution in [2.24, 2.45) is 16.1 Å². The van der Waals surface area contributed by atoms with Crippen LogP contribution in [-0.4, -0.2) is 72.9 Å². The topological polar surface area (TPSA) is 279 Å². The minimum atomic E-state index is -4.52. The molecule has 2 heterocycles. The maximum Gasteiger partial charge on any atom is 0.294 e. The number of hydrogen-bond donors (Lipinski definition) is 5. The molecule has 6 N–H and O–H groups in total. The van der Waals surface area contributed by atoms with Crippen LogP contribution in [0.4, 0.5) is 22.3 Å². The van der Waals surface area contributed by atoms with Crippen LogP contribution in [-0.2, 0) is 30.4 Å². The van der Waals surface area contributed by atoms with Crippen LogP contribution in [0.3, 0.4) is 0 Å². The summed E-state index contributed by atoms with van der Waals surface area (Å²) in [4.78, 5) is 3.77. The molecule has 0 saturated carbocycles. The van der Waals surface area contributed by atoms with E-state index in [1.54, 1.807) is 0 Å². The van der Waals surface area contributed by atoms with Crippen LogP contribution in [0.15, 0.2) is 33.3 Å². The molecular weight excluding hydrogens is 601 g/mol. The summed E-state index contributed by atoms with van der Waals surface area (Å²) in [6.07, 6.45) is 0. The van der Waals surface area contributed by atoms with E-state index in [9.17, 15) is 35.1 Å². The van der Waals surface area contributed by atoms with Gasteiger partial charge in [-0.3, -0.25) is 18.7 Å². The van der Waals surface area contributed by atoms with Gasteiger partial charge in [0, 0.05) is 17.5 Å². The first kappa shape index (κ1) is 30.2. The largest absolute Gasteiger partial charge is 0.367 e. The molecule has 0 radical (unpaired) electrons. The number of nitrogens with two attached hydrogens (primary N) is 1. The minimum Gasteiger partial charge on any atom is -0.367 e. The second-order valence-electron chi connectivity index (χ2n) is 7.78. The Kier molecular flexibility index (Phi) is 8.82. The Hall–Kier alpha value is -3.36. The van der Waals surface area contributed by atoms with Crippen LogP contribution in [0.1, 0.15) is 11.1 Å². The first-order chi connectivity index (χ1) is 18.0. The number of nitrogens with zero attached hydrogens (tertiary/aromatic N) is 6. The van der Waals surface area contributed by atoms with Crippen LogP contribution in [0, 0.1) is 18.3 Å². The third-order valence-corrected chi connectivity index (χ3v) is 8.02. The Morgan fingerprint density at radius 3 is 2.36 bits per heavy atom. The maximum absolute atomic E-state index is 11.5. The van der Waals surface area contributed by atoms with E-state index in [0.29, 0.717) is 5.52 Å². The Bertz CT molecular complexity index is 1810. The highest BCUT2D eigenvalue weighted by molar-refractivity contribution is 7.86. The molecule has 21 heteroatoms. The van der Waals surface area contributed by atoms with Gasteiger partial charge < -0.3 is 5.32 Å². The molecule has 0 atom stereocenters. The van der Waals surface area contributed by atoms with E-state index >= 15 is 0 Å². The molecule has 0 unspecified atom stereocenters. The van der Waals surface area contributed by atoms with Gasteiger partial charge in [0.1, 0.15) is 17.3 Å². The van der Waals surface area contributed by atoms with Gasteiger partial charge in [-0.15, -0.1) is 10.2 Å². The summed E-state index contributed by atoms with van der Waals surface area (Å²) >= 11 is 0.847. The van der Waals surface area contributed by atoms with Gasteiger partial charge in [-0.1, -0.05) is 0 Å². The van der Waals surface area contributed by atoms with E-state index in [-0.39, 0.29) is 45.4 Å². The number of fused-ring (bicyclic) bond motifs is 1. The SMILES string of the molecule is Cc1c(C#N)c(N(N)CCS(=O)(=O)O)nc(NCCS(=O)(=O)O)c1N=Nc1snc2ccc(S(=O)(=O)O)cc12. The first-order valence-electron chi connectivity index (χ1n) is 10.4. The zero-order valence-electron chi connectivity index (χ0n) is 19.7. The second-order valence-corrected chi connectivity index (χ2v) is 13.1. The Labute approximate surface area is 226 Å². The van der Waals surface area contributed by atoms with Crippen molar-refractivity contribution >= 4 is 75.1 Å². The van der Waals surface area contributed by atoms with Crippen molar-refractivity contribution in [1.82, 2.24) is 9.36 Å². The lowest BCUT2D eigenvalue weighted by Gasteiger charge is -2.21. The van der Waals surface area contributed by atoms with Gasteiger partial charge in [0.25, 0.3) is 30.4 Å². The number of anilines is 2. The lowest BCUT2D eigenvalue weighted by molar-refractivity contribution is 0.480. The van der Waals surface area contributed by atoms with Gasteiger partial charge >= 0.3 is 0 Å². The summed E-state index contributed by atoms with van der Waals surface area (Å²) < 4.78 is 99.2. The minimum absolute atomic E-state index is 0.0682. The summed E-state index contributed by atoms with van der Waals surface area (Å²) in [7, 11) is -13.3. The molecule has 3 rings (SSSR count). The summed E-state index contributed by atoms with van der Waals surface area (Å²) in [6, 6.07) is 5.52. The molecule has 0 fully saturated rings. The molecule has 0 amide bonds. The van der Waals surface area contributed by atoms with Crippen LogP contribution in [0.2, 0.25) is 0 Å². The number of nitrogens with one attached hydrogen (secondary N) is 1. The molecule has 1 aromatic carbocycles. The summed E-state index contributed by atoms with van der Waals surface area (Å²) in [5.74, 6) is 3.98. The predicted molar refractivity (Wildman–Crippen MR) is 140 cm³/mol. The summed E-state index contributed by atoms with van der Waals surface area (Å²) in [5.41, 5.74) is 0.273. The van der Waals surface area contributed by atoms with Gasteiger partial charge in [-0.05, 0) is 36.7 Å². The van der Waals surface area contributed by atoms with Gasteiger partial charge in [0.05, 0.1) is 28.5 Å². The summed E-state index contributed by atoms with van der Waals surface area (Å²) in [6.45, 7) is 0.605. The molecule has 0 spiro atoms. The van der Waals surface area contributed by atoms with E-state index in [4.69, 9.17) is 14.9 Å². The number of hydrazine groups is 1. The quantitative estimate of drug-likeness (QED) is 0.0876. The molecule has 0 saturated heterocycles. The van der Waals surface area contributed by atoms with Crippen molar-refractivity contribution in [3.63, 3.8) is 0 Å². The molecule has 3 aromatic rings. The second kappa shape index (κ2) is 11.4. The van der Waals surface area contributed by atoms with Gasteiger partial charge in [-0.2, -0.15) is 34.9 Å². The third-order valence-electron chi connectivity index (χ3n) is 4.99. The normalized spacial score (nSPS) is 12.6. The fourth-order valence-corrected chi connectivity index (χ4v) is 5.10. The average molecular weight is 621 g/mol. The number of azo groups is 1.